The molecule has 0 aliphatic heterocycles. The molecule has 124 valence electrons. The number of benzene rings is 1. The van der Waals surface area contributed by atoms with E-state index in [-0.39, 0.29) is 12.3 Å². The Balaban J connectivity index is 1.89. The first kappa shape index (κ1) is 17.1. The largest absolute Gasteiger partial charge is 0.318 e. The first-order valence-corrected chi connectivity index (χ1v) is 8.66. The topological polar surface area (TPSA) is 49.7 Å². The zero-order valence-electron chi connectivity index (χ0n) is 14.0. The molecule has 3 aromatic rings. The summed E-state index contributed by atoms with van der Waals surface area (Å²) in [6.07, 6.45) is 3.51. The molecule has 5 heteroatoms. The van der Waals surface area contributed by atoms with Crippen molar-refractivity contribution in [1.82, 2.24) is 4.57 Å². The number of nitriles is 1. The average Bonchev–Trinajstić information content (AvgIpc) is 2.91. The molecule has 0 radical (unpaired) electrons. The number of aryl methyl sites for hydroxylation is 1. The van der Waals surface area contributed by atoms with Gasteiger partial charge in [0.15, 0.2) is 12.4 Å². The Morgan fingerprint density at radius 2 is 1.80 bits per heavy atom. The van der Waals surface area contributed by atoms with Gasteiger partial charge in [-0.3, -0.25) is 4.79 Å². The van der Waals surface area contributed by atoms with Gasteiger partial charge in [-0.1, -0.05) is 15.9 Å². The second-order valence-electron chi connectivity index (χ2n) is 5.89. The van der Waals surface area contributed by atoms with Crippen LogP contribution >= 0.6 is 15.9 Å². The van der Waals surface area contributed by atoms with Crippen molar-refractivity contribution in [2.45, 2.75) is 20.4 Å². The van der Waals surface area contributed by atoms with Crippen LogP contribution in [-0.4, -0.2) is 10.4 Å². The van der Waals surface area contributed by atoms with Gasteiger partial charge in [0.2, 0.25) is 12.3 Å². The summed E-state index contributed by atoms with van der Waals surface area (Å²) < 4.78 is 4.89. The maximum Gasteiger partial charge on any atom is 0.229 e. The van der Waals surface area contributed by atoms with Crippen LogP contribution in [0.1, 0.15) is 27.3 Å². The molecule has 0 aliphatic rings. The molecule has 0 fully saturated rings. The first-order chi connectivity index (χ1) is 12.0. The highest BCUT2D eigenvalue weighted by atomic mass is 79.9. The Morgan fingerprint density at radius 1 is 1.16 bits per heavy atom. The van der Waals surface area contributed by atoms with Crippen LogP contribution in [0, 0.1) is 25.2 Å². The summed E-state index contributed by atoms with van der Waals surface area (Å²) in [7, 11) is 0. The quantitative estimate of drug-likeness (QED) is 0.497. The number of Topliss-reactive ketones (excluding diaryl/α,β-unsaturated/α-hetero) is 1. The Kier molecular flexibility index (Phi) is 4.82. The fraction of sp³-hybridized carbons (Fsp3) is 0.150. The molecule has 1 aromatic carbocycles. The van der Waals surface area contributed by atoms with Crippen LogP contribution in [-0.2, 0) is 6.54 Å². The third-order valence-electron chi connectivity index (χ3n) is 4.16. The number of carbonyl (C=O) groups is 1. The molecule has 0 saturated carbocycles. The lowest BCUT2D eigenvalue weighted by Crippen LogP contribution is -2.37. The van der Waals surface area contributed by atoms with Gasteiger partial charge < -0.3 is 4.57 Å². The SMILES string of the molecule is Cc1cc(C(=O)C[n+]2ccc(C#N)cc2)c(C)n1-c1ccc(Br)cc1. The summed E-state index contributed by atoms with van der Waals surface area (Å²) in [4.78, 5) is 12.7. The Labute approximate surface area is 155 Å². The van der Waals surface area contributed by atoms with Gasteiger partial charge in [0.1, 0.15) is 0 Å². The van der Waals surface area contributed by atoms with Crippen molar-refractivity contribution in [3.63, 3.8) is 0 Å². The molecule has 0 unspecified atom stereocenters. The number of hydrogen-bond acceptors (Lipinski definition) is 2. The highest BCUT2D eigenvalue weighted by Gasteiger charge is 2.19. The number of halogens is 1. The van der Waals surface area contributed by atoms with Gasteiger partial charge in [0.25, 0.3) is 0 Å². The number of pyridine rings is 1. The van der Waals surface area contributed by atoms with Crippen molar-refractivity contribution in [2.24, 2.45) is 0 Å². The molecule has 4 nitrogen and oxygen atoms in total. The van der Waals surface area contributed by atoms with Gasteiger partial charge in [0.05, 0.1) is 11.6 Å². The normalized spacial score (nSPS) is 10.5. The number of nitrogens with zero attached hydrogens (tertiary/aromatic N) is 3. The van der Waals surface area contributed by atoms with Crippen molar-refractivity contribution in [3.05, 3.63) is 81.8 Å². The molecule has 25 heavy (non-hydrogen) atoms. The number of rotatable bonds is 4. The lowest BCUT2D eigenvalue weighted by Gasteiger charge is -2.09. The first-order valence-electron chi connectivity index (χ1n) is 7.87. The summed E-state index contributed by atoms with van der Waals surface area (Å²) in [5.41, 5.74) is 4.28. The van der Waals surface area contributed by atoms with E-state index in [1.807, 2.05) is 44.2 Å². The fourth-order valence-electron chi connectivity index (χ4n) is 2.92. The second-order valence-corrected chi connectivity index (χ2v) is 6.81. The minimum absolute atomic E-state index is 0.0474. The van der Waals surface area contributed by atoms with Crippen LogP contribution < -0.4 is 4.57 Å². The molecule has 2 aromatic heterocycles. The second kappa shape index (κ2) is 7.04. The molecule has 0 bridgehead atoms. The molecule has 0 aliphatic carbocycles. The van der Waals surface area contributed by atoms with Gasteiger partial charge in [0, 0.05) is 39.2 Å². The molecule has 3 rings (SSSR count). The van der Waals surface area contributed by atoms with Gasteiger partial charge in [-0.05, 0) is 44.2 Å². The zero-order valence-corrected chi connectivity index (χ0v) is 15.6. The van der Waals surface area contributed by atoms with Crippen molar-refractivity contribution in [1.29, 1.82) is 5.26 Å². The summed E-state index contributed by atoms with van der Waals surface area (Å²) in [6.45, 7) is 4.21. The predicted octanol–water partition coefficient (Wildman–Crippen LogP) is 3.90. The molecular weight excluding hydrogens is 378 g/mol. The molecule has 0 saturated heterocycles. The lowest BCUT2D eigenvalue weighted by atomic mass is 10.1. The van der Waals surface area contributed by atoms with Crippen molar-refractivity contribution in [2.75, 3.05) is 0 Å². The van der Waals surface area contributed by atoms with Crippen LogP contribution in [0.5, 0.6) is 0 Å². The van der Waals surface area contributed by atoms with Crippen LogP contribution in [0.4, 0.5) is 0 Å². The standard InChI is InChI=1S/C20H17BrN3O/c1-14-11-19(15(2)24(14)18-5-3-17(21)4-6-18)20(25)13-23-9-7-16(12-22)8-10-23/h3-11H,13H2,1-2H3/q+1. The van der Waals surface area contributed by atoms with E-state index >= 15 is 0 Å². The van der Waals surface area contributed by atoms with E-state index in [0.29, 0.717) is 5.56 Å². The van der Waals surface area contributed by atoms with E-state index in [2.05, 4.69) is 26.6 Å². The van der Waals surface area contributed by atoms with Crippen LogP contribution in [0.25, 0.3) is 5.69 Å². The van der Waals surface area contributed by atoms with Gasteiger partial charge in [-0.2, -0.15) is 9.83 Å². The van der Waals surface area contributed by atoms with Gasteiger partial charge >= 0.3 is 0 Å². The van der Waals surface area contributed by atoms with E-state index in [9.17, 15) is 4.79 Å². The summed E-state index contributed by atoms with van der Waals surface area (Å²) >= 11 is 3.44. The Bertz CT molecular complexity index is 964. The highest BCUT2D eigenvalue weighted by molar-refractivity contribution is 9.10. The average molecular weight is 395 g/mol. The summed E-state index contributed by atoms with van der Waals surface area (Å²) in [5.74, 6) is 0.0474. The Morgan fingerprint density at radius 3 is 2.40 bits per heavy atom. The third kappa shape index (κ3) is 3.54. The van der Waals surface area contributed by atoms with E-state index in [0.717, 1.165) is 27.1 Å². The number of ketones is 1. The monoisotopic (exact) mass is 394 g/mol. The highest BCUT2D eigenvalue weighted by Crippen LogP contribution is 2.22. The zero-order chi connectivity index (χ0) is 18.0. The van der Waals surface area contributed by atoms with Crippen molar-refractivity contribution in [3.8, 4) is 11.8 Å². The van der Waals surface area contributed by atoms with Gasteiger partial charge in [-0.15, -0.1) is 0 Å². The maximum atomic E-state index is 12.7. The number of carbonyl (C=O) groups excluding carboxylic acids is 1. The Hall–Kier alpha value is -2.71. The summed E-state index contributed by atoms with van der Waals surface area (Å²) in [5, 5.41) is 8.85. The molecule has 0 spiro atoms. The minimum Gasteiger partial charge on any atom is -0.318 e. The molecule has 2 heterocycles. The molecular formula is C20H17BrN3O+. The van der Waals surface area contributed by atoms with E-state index in [1.165, 1.54) is 0 Å². The van der Waals surface area contributed by atoms with Crippen molar-refractivity contribution >= 4 is 21.7 Å². The van der Waals surface area contributed by atoms with Crippen LogP contribution in [0.3, 0.4) is 0 Å². The molecule has 0 amide bonds. The fourth-order valence-corrected chi connectivity index (χ4v) is 3.19. The van der Waals surface area contributed by atoms with E-state index in [1.54, 1.807) is 29.1 Å². The molecule has 0 atom stereocenters. The van der Waals surface area contributed by atoms with Crippen molar-refractivity contribution < 1.29 is 9.36 Å². The third-order valence-corrected chi connectivity index (χ3v) is 4.69. The summed E-state index contributed by atoms with van der Waals surface area (Å²) in [6, 6.07) is 15.4. The lowest BCUT2D eigenvalue weighted by molar-refractivity contribution is -0.683. The van der Waals surface area contributed by atoms with Crippen LogP contribution in [0.2, 0.25) is 0 Å². The minimum atomic E-state index is 0.0474. The van der Waals surface area contributed by atoms with Gasteiger partial charge in [-0.25, -0.2) is 0 Å². The maximum absolute atomic E-state index is 12.7. The van der Waals surface area contributed by atoms with E-state index < -0.39 is 0 Å². The predicted molar refractivity (Wildman–Crippen MR) is 98.6 cm³/mol. The van der Waals surface area contributed by atoms with E-state index in [4.69, 9.17) is 5.26 Å². The molecule has 0 N–H and O–H groups in total. The number of aromatic nitrogens is 2. The number of hydrogen-bond donors (Lipinski definition) is 0. The smallest absolute Gasteiger partial charge is 0.229 e. The van der Waals surface area contributed by atoms with Crippen LogP contribution in [0.15, 0.2) is 59.3 Å².